The van der Waals surface area contributed by atoms with Crippen LogP contribution in [0.15, 0.2) is 30.4 Å². The van der Waals surface area contributed by atoms with Crippen LogP contribution in [0.2, 0.25) is 0 Å². The number of benzene rings is 1. The van der Waals surface area contributed by atoms with Gasteiger partial charge in [0.05, 0.1) is 22.6 Å². The Morgan fingerprint density at radius 3 is 2.77 bits per heavy atom. The third kappa shape index (κ3) is 7.75. The summed E-state index contributed by atoms with van der Waals surface area (Å²) in [5.41, 5.74) is -0.521. The minimum absolute atomic E-state index is 0.0330. The molecule has 1 aliphatic heterocycles. The Morgan fingerprint density at radius 1 is 1.32 bits per heavy atom. The summed E-state index contributed by atoms with van der Waals surface area (Å²) in [7, 11) is 0. The highest BCUT2D eigenvalue weighted by Gasteiger charge is 2.26. The van der Waals surface area contributed by atoms with Crippen LogP contribution in [0, 0.1) is 15.9 Å². The molecule has 1 unspecified atom stereocenters. The Bertz CT molecular complexity index is 813. The van der Waals surface area contributed by atoms with Gasteiger partial charge in [0, 0.05) is 31.9 Å². The zero-order chi connectivity index (χ0) is 22.8. The molecule has 0 aliphatic carbocycles. The number of likely N-dealkylation sites (tertiary alicyclic amines) is 1. The number of nitro benzene ring substituents is 1. The average Bonchev–Trinajstić information content (AvgIpc) is 2.71. The van der Waals surface area contributed by atoms with Crippen molar-refractivity contribution >= 4 is 17.6 Å². The number of carboxylic acid groups (broad SMARTS) is 1. The molecule has 1 heterocycles. The number of nitro groups is 1. The second-order valence-electron chi connectivity index (χ2n) is 7.76. The van der Waals surface area contributed by atoms with E-state index in [0.717, 1.165) is 38.2 Å². The van der Waals surface area contributed by atoms with E-state index in [9.17, 15) is 29.2 Å². The van der Waals surface area contributed by atoms with Crippen molar-refractivity contribution in [1.29, 1.82) is 0 Å². The van der Waals surface area contributed by atoms with Gasteiger partial charge in [-0.25, -0.2) is 4.39 Å². The number of aliphatic carboxylic acids is 1. The van der Waals surface area contributed by atoms with Gasteiger partial charge in [0.25, 0.3) is 5.69 Å². The van der Waals surface area contributed by atoms with Crippen LogP contribution in [0.25, 0.3) is 0 Å². The molecular formula is C22H29FN2O6. The smallest absolute Gasteiger partial charge is 0.303 e. The van der Waals surface area contributed by atoms with E-state index in [1.807, 2.05) is 0 Å². The standard InChI is InChI=1S/C22H29FN2O6/c23-19-8-6-9-20(25(30)31)18(19)15-17(26)13-12-16-7-5-10-21(27)24(16)14-4-2-1-3-11-22(28)29/h6,8-9,12-13,16-17,26H,1-5,7,10-11,14-15H2,(H,28,29)/b13-12+/t16-,17?/m1/s1. The predicted molar refractivity (Wildman–Crippen MR) is 112 cm³/mol. The number of aliphatic hydroxyl groups excluding tert-OH is 1. The summed E-state index contributed by atoms with van der Waals surface area (Å²) in [6.07, 6.45) is 6.92. The quantitative estimate of drug-likeness (QED) is 0.223. The van der Waals surface area contributed by atoms with E-state index in [4.69, 9.17) is 5.11 Å². The molecule has 0 radical (unpaired) electrons. The van der Waals surface area contributed by atoms with E-state index in [2.05, 4.69) is 0 Å². The molecule has 8 nitrogen and oxygen atoms in total. The summed E-state index contributed by atoms with van der Waals surface area (Å²) < 4.78 is 14.0. The van der Waals surface area contributed by atoms with E-state index in [1.54, 1.807) is 11.0 Å². The Labute approximate surface area is 180 Å². The normalized spacial score (nSPS) is 17.8. The van der Waals surface area contributed by atoms with Gasteiger partial charge in [-0.05, 0) is 31.7 Å². The van der Waals surface area contributed by atoms with Crippen LogP contribution in [-0.4, -0.2) is 50.6 Å². The number of carboxylic acids is 1. The van der Waals surface area contributed by atoms with Crippen LogP contribution in [0.1, 0.15) is 56.9 Å². The van der Waals surface area contributed by atoms with Crippen LogP contribution < -0.4 is 0 Å². The van der Waals surface area contributed by atoms with Crippen molar-refractivity contribution in [2.24, 2.45) is 0 Å². The molecule has 170 valence electrons. The first kappa shape index (κ1) is 24.5. The Morgan fingerprint density at radius 2 is 2.06 bits per heavy atom. The van der Waals surface area contributed by atoms with E-state index in [-0.39, 0.29) is 36.0 Å². The molecule has 0 spiro atoms. The molecule has 9 heteroatoms. The number of aliphatic hydroxyl groups is 1. The first-order valence-corrected chi connectivity index (χ1v) is 10.6. The molecule has 1 saturated heterocycles. The number of hydrogen-bond donors (Lipinski definition) is 2. The molecule has 1 aromatic carbocycles. The largest absolute Gasteiger partial charge is 0.481 e. The van der Waals surface area contributed by atoms with Crippen LogP contribution >= 0.6 is 0 Å². The number of halogens is 1. The molecular weight excluding hydrogens is 407 g/mol. The lowest BCUT2D eigenvalue weighted by molar-refractivity contribution is -0.385. The lowest BCUT2D eigenvalue weighted by Crippen LogP contribution is -2.43. The summed E-state index contributed by atoms with van der Waals surface area (Å²) in [6.45, 7) is 0.551. The maximum absolute atomic E-state index is 14.0. The van der Waals surface area contributed by atoms with Gasteiger partial charge in [0.15, 0.2) is 0 Å². The fourth-order valence-electron chi connectivity index (χ4n) is 3.80. The molecule has 2 rings (SSSR count). The fourth-order valence-corrected chi connectivity index (χ4v) is 3.80. The fraction of sp³-hybridized carbons (Fsp3) is 0.545. The summed E-state index contributed by atoms with van der Waals surface area (Å²) in [4.78, 5) is 35.1. The van der Waals surface area contributed by atoms with Crippen LogP contribution in [0.3, 0.4) is 0 Å². The SMILES string of the molecule is O=C(O)CCCCCCN1C(=O)CCC[C@@H]1/C=C/C(O)Cc1c(F)cccc1[N+](=O)[O-]. The van der Waals surface area contributed by atoms with E-state index >= 15 is 0 Å². The van der Waals surface area contributed by atoms with Gasteiger partial charge in [-0.1, -0.05) is 31.1 Å². The average molecular weight is 436 g/mol. The number of carbonyl (C=O) groups excluding carboxylic acids is 1. The Kier molecular flexibility index (Phi) is 9.58. The van der Waals surface area contributed by atoms with Crippen LogP contribution in [-0.2, 0) is 16.0 Å². The lowest BCUT2D eigenvalue weighted by Gasteiger charge is -2.34. The van der Waals surface area contributed by atoms with Gasteiger partial charge in [-0.15, -0.1) is 0 Å². The van der Waals surface area contributed by atoms with Crippen molar-refractivity contribution in [3.63, 3.8) is 0 Å². The predicted octanol–water partition coefficient (Wildman–Crippen LogP) is 3.61. The minimum atomic E-state index is -1.12. The number of amides is 1. The maximum Gasteiger partial charge on any atom is 0.303 e. The first-order valence-electron chi connectivity index (χ1n) is 10.6. The van der Waals surface area contributed by atoms with E-state index in [1.165, 1.54) is 18.2 Å². The van der Waals surface area contributed by atoms with Gasteiger partial charge in [-0.2, -0.15) is 0 Å². The van der Waals surface area contributed by atoms with Crippen molar-refractivity contribution in [3.8, 4) is 0 Å². The van der Waals surface area contributed by atoms with Gasteiger partial charge in [-0.3, -0.25) is 19.7 Å². The molecule has 1 aromatic rings. The monoisotopic (exact) mass is 436 g/mol. The topological polar surface area (TPSA) is 121 Å². The minimum Gasteiger partial charge on any atom is -0.481 e. The first-order chi connectivity index (χ1) is 14.8. The van der Waals surface area contributed by atoms with Crippen molar-refractivity contribution in [2.45, 2.75) is 69.9 Å². The maximum atomic E-state index is 14.0. The zero-order valence-electron chi connectivity index (χ0n) is 17.4. The van der Waals surface area contributed by atoms with Gasteiger partial charge in [0.2, 0.25) is 5.91 Å². The molecule has 2 N–H and O–H groups in total. The Balaban J connectivity index is 1.93. The summed E-state index contributed by atoms with van der Waals surface area (Å²) in [5, 5.41) is 30.1. The lowest BCUT2D eigenvalue weighted by atomic mass is 9.98. The summed E-state index contributed by atoms with van der Waals surface area (Å²) >= 11 is 0. The summed E-state index contributed by atoms with van der Waals surface area (Å²) in [5.74, 6) is -1.51. The molecule has 1 aliphatic rings. The third-order valence-corrected chi connectivity index (χ3v) is 5.41. The highest BCUT2D eigenvalue weighted by atomic mass is 19.1. The van der Waals surface area contributed by atoms with E-state index < -0.39 is 22.8 Å². The van der Waals surface area contributed by atoms with E-state index in [0.29, 0.717) is 19.4 Å². The highest BCUT2D eigenvalue weighted by Crippen LogP contribution is 2.24. The third-order valence-electron chi connectivity index (χ3n) is 5.41. The number of rotatable bonds is 12. The summed E-state index contributed by atoms with van der Waals surface area (Å²) in [6, 6.07) is 3.39. The molecule has 0 bridgehead atoms. The zero-order valence-corrected chi connectivity index (χ0v) is 17.4. The number of carbonyl (C=O) groups is 2. The molecule has 1 fully saturated rings. The number of piperidine rings is 1. The molecule has 0 saturated carbocycles. The van der Waals surface area contributed by atoms with Gasteiger partial charge >= 0.3 is 5.97 Å². The van der Waals surface area contributed by atoms with Gasteiger partial charge in [0.1, 0.15) is 5.82 Å². The van der Waals surface area contributed by atoms with Gasteiger partial charge < -0.3 is 15.1 Å². The van der Waals surface area contributed by atoms with Crippen molar-refractivity contribution in [3.05, 3.63) is 51.8 Å². The van der Waals surface area contributed by atoms with Crippen LogP contribution in [0.4, 0.5) is 10.1 Å². The molecule has 31 heavy (non-hydrogen) atoms. The Hall–Kier alpha value is -2.81. The number of unbranched alkanes of at least 4 members (excludes halogenated alkanes) is 3. The van der Waals surface area contributed by atoms with Crippen molar-refractivity contribution in [2.75, 3.05) is 6.54 Å². The molecule has 2 atom stereocenters. The van der Waals surface area contributed by atoms with Crippen LogP contribution in [0.5, 0.6) is 0 Å². The highest BCUT2D eigenvalue weighted by molar-refractivity contribution is 5.77. The number of hydrogen-bond acceptors (Lipinski definition) is 5. The second-order valence-corrected chi connectivity index (χ2v) is 7.76. The van der Waals surface area contributed by atoms with Crippen molar-refractivity contribution in [1.82, 2.24) is 4.90 Å². The second kappa shape index (κ2) is 12.1. The number of nitrogens with zero attached hydrogens (tertiary/aromatic N) is 2. The van der Waals surface area contributed by atoms with Crippen molar-refractivity contribution < 1.29 is 29.1 Å². The molecule has 1 amide bonds. The molecule has 0 aromatic heterocycles.